The maximum atomic E-state index is 11.8. The highest BCUT2D eigenvalue weighted by molar-refractivity contribution is 8.13. The van der Waals surface area contributed by atoms with Crippen molar-refractivity contribution in [3.8, 4) is 0 Å². The van der Waals surface area contributed by atoms with Crippen LogP contribution in [0.1, 0.15) is 5.56 Å². The van der Waals surface area contributed by atoms with E-state index in [1.54, 1.807) is 0 Å². The summed E-state index contributed by atoms with van der Waals surface area (Å²) in [7, 11) is 1.20. The topological polar surface area (TPSA) is 43.4 Å². The molecule has 0 bridgehead atoms. The smallest absolute Gasteiger partial charge is 0.367 e. The molecule has 0 atom stereocenters. The third kappa shape index (κ3) is 5.38. The van der Waals surface area contributed by atoms with Crippen molar-refractivity contribution in [3.63, 3.8) is 0 Å². The average Bonchev–Trinajstić information content (AvgIpc) is 2.15. The van der Waals surface area contributed by atoms with Crippen LogP contribution < -0.4 is 0 Å². The van der Waals surface area contributed by atoms with Crippen LogP contribution in [0.5, 0.6) is 0 Å². The van der Waals surface area contributed by atoms with Crippen LogP contribution in [-0.4, -0.2) is 21.2 Å². The lowest BCUT2D eigenvalue weighted by Crippen LogP contribution is -2.16. The van der Waals surface area contributed by atoms with Crippen molar-refractivity contribution in [1.29, 1.82) is 0 Å². The van der Waals surface area contributed by atoms with E-state index in [0.29, 0.717) is 5.56 Å². The minimum Gasteiger partial charge on any atom is -0.367 e. The third-order valence-corrected chi connectivity index (χ3v) is 3.07. The number of hydrogen-bond donors (Lipinski definition) is 0. The highest BCUT2D eigenvalue weighted by atomic mass is 35.7. The molecule has 1 rings (SSSR count). The molecule has 1 aromatic rings. The third-order valence-electron chi connectivity index (χ3n) is 1.71. The van der Waals surface area contributed by atoms with E-state index < -0.39 is 21.8 Å². The Bertz CT molecular complexity index is 485. The first-order valence-corrected chi connectivity index (χ1v) is 6.67. The quantitative estimate of drug-likeness (QED) is 0.800. The van der Waals surface area contributed by atoms with Gasteiger partial charge in [-0.3, -0.25) is 0 Å². The lowest BCUT2D eigenvalue weighted by Gasteiger charge is -2.08. The zero-order valence-corrected chi connectivity index (χ0v) is 9.94. The second kappa shape index (κ2) is 5.24. The molecule has 0 unspecified atom stereocenters. The fourth-order valence-electron chi connectivity index (χ4n) is 1.07. The van der Waals surface area contributed by atoms with Crippen LogP contribution in [0.15, 0.2) is 29.2 Å². The Morgan fingerprint density at radius 3 is 2.47 bits per heavy atom. The van der Waals surface area contributed by atoms with Crippen LogP contribution in [0.3, 0.4) is 0 Å². The van der Waals surface area contributed by atoms with E-state index in [2.05, 4.69) is 4.74 Å². The second-order valence-electron chi connectivity index (χ2n) is 3.19. The Morgan fingerprint density at radius 2 is 1.94 bits per heavy atom. The molecule has 0 aliphatic carbocycles. The molecule has 96 valence electrons. The molecular formula is C9H8ClF3O3S. The molecule has 0 aliphatic rings. The molecule has 0 fully saturated rings. The number of benzene rings is 1. The van der Waals surface area contributed by atoms with Crippen molar-refractivity contribution < 1.29 is 26.3 Å². The zero-order valence-electron chi connectivity index (χ0n) is 8.37. The molecule has 1 aromatic carbocycles. The van der Waals surface area contributed by atoms with Gasteiger partial charge in [0.1, 0.15) is 6.61 Å². The van der Waals surface area contributed by atoms with Crippen molar-refractivity contribution in [3.05, 3.63) is 29.8 Å². The predicted octanol–water partition coefficient (Wildman–Crippen LogP) is 2.69. The van der Waals surface area contributed by atoms with E-state index in [0.717, 1.165) is 0 Å². The summed E-state index contributed by atoms with van der Waals surface area (Å²) in [5.74, 6) is 0. The van der Waals surface area contributed by atoms with E-state index in [9.17, 15) is 21.6 Å². The number of hydrogen-bond acceptors (Lipinski definition) is 3. The van der Waals surface area contributed by atoms with Crippen molar-refractivity contribution in [1.82, 2.24) is 0 Å². The van der Waals surface area contributed by atoms with Gasteiger partial charge in [-0.25, -0.2) is 8.42 Å². The van der Waals surface area contributed by atoms with E-state index in [4.69, 9.17) is 10.7 Å². The Hall–Kier alpha value is -0.790. The van der Waals surface area contributed by atoms with E-state index >= 15 is 0 Å². The molecule has 0 radical (unpaired) electrons. The van der Waals surface area contributed by atoms with Crippen molar-refractivity contribution in [2.75, 3.05) is 6.61 Å². The highest BCUT2D eigenvalue weighted by Crippen LogP contribution is 2.18. The van der Waals surface area contributed by atoms with Crippen LogP contribution in [0.2, 0.25) is 0 Å². The monoisotopic (exact) mass is 288 g/mol. The first kappa shape index (κ1) is 14.3. The summed E-state index contributed by atoms with van der Waals surface area (Å²) < 4.78 is 61.7. The highest BCUT2D eigenvalue weighted by Gasteiger charge is 2.27. The summed E-state index contributed by atoms with van der Waals surface area (Å²) in [6.45, 7) is -1.72. The van der Waals surface area contributed by atoms with Crippen molar-refractivity contribution in [2.45, 2.75) is 17.7 Å². The molecule has 0 spiro atoms. The second-order valence-corrected chi connectivity index (χ2v) is 5.76. The van der Waals surface area contributed by atoms with Gasteiger partial charge in [0, 0.05) is 10.7 Å². The van der Waals surface area contributed by atoms with Crippen LogP contribution in [-0.2, 0) is 20.4 Å². The average molecular weight is 289 g/mol. The van der Waals surface area contributed by atoms with Crippen LogP contribution in [0.25, 0.3) is 0 Å². The summed E-state index contributed by atoms with van der Waals surface area (Å²) >= 11 is 0. The molecule has 0 aromatic heterocycles. The lowest BCUT2D eigenvalue weighted by atomic mass is 10.2. The van der Waals surface area contributed by atoms with Crippen LogP contribution >= 0.6 is 10.7 Å². The largest absolute Gasteiger partial charge is 0.411 e. The maximum Gasteiger partial charge on any atom is 0.411 e. The molecule has 0 saturated heterocycles. The van der Waals surface area contributed by atoms with Gasteiger partial charge in [0.15, 0.2) is 0 Å². The molecule has 3 nitrogen and oxygen atoms in total. The minimum atomic E-state index is -4.41. The number of halogens is 4. The van der Waals surface area contributed by atoms with Gasteiger partial charge >= 0.3 is 6.18 Å². The van der Waals surface area contributed by atoms with Gasteiger partial charge in [0.05, 0.1) is 11.5 Å². The van der Waals surface area contributed by atoms with Crippen LogP contribution in [0, 0.1) is 0 Å². The molecule has 8 heteroatoms. The number of rotatable bonds is 4. The summed E-state index contributed by atoms with van der Waals surface area (Å²) in [5.41, 5.74) is 0.302. The minimum absolute atomic E-state index is 0.174. The van der Waals surface area contributed by atoms with Gasteiger partial charge in [-0.2, -0.15) is 13.2 Å². The lowest BCUT2D eigenvalue weighted by molar-refractivity contribution is -0.176. The fourth-order valence-corrected chi connectivity index (χ4v) is 1.89. The Balaban J connectivity index is 2.68. The fraction of sp³-hybridized carbons (Fsp3) is 0.333. The molecule has 0 saturated carbocycles. The zero-order chi connectivity index (χ0) is 13.1. The maximum absolute atomic E-state index is 11.8. The van der Waals surface area contributed by atoms with Gasteiger partial charge < -0.3 is 4.74 Å². The van der Waals surface area contributed by atoms with E-state index in [1.807, 2.05) is 0 Å². The summed E-state index contributed by atoms with van der Waals surface area (Å²) in [6.07, 6.45) is -4.41. The predicted molar refractivity (Wildman–Crippen MR) is 55.2 cm³/mol. The van der Waals surface area contributed by atoms with Crippen molar-refractivity contribution >= 4 is 19.7 Å². The number of alkyl halides is 3. The Labute approximate surface area is 101 Å². The SMILES string of the molecule is O=S(=O)(Cl)c1cccc(COCC(F)(F)F)c1. The van der Waals surface area contributed by atoms with Crippen molar-refractivity contribution in [2.24, 2.45) is 0 Å². The Kier molecular flexibility index (Phi) is 4.40. The van der Waals surface area contributed by atoms with E-state index in [-0.39, 0.29) is 11.5 Å². The Morgan fingerprint density at radius 1 is 1.29 bits per heavy atom. The normalized spacial score (nSPS) is 12.7. The molecule has 0 aliphatic heterocycles. The molecule has 17 heavy (non-hydrogen) atoms. The van der Waals surface area contributed by atoms with Gasteiger partial charge in [-0.15, -0.1) is 0 Å². The first-order chi connectivity index (χ1) is 7.68. The molecular weight excluding hydrogens is 281 g/mol. The summed E-state index contributed by atoms with van der Waals surface area (Å²) in [6, 6.07) is 5.23. The molecule has 0 N–H and O–H groups in total. The summed E-state index contributed by atoms with van der Waals surface area (Å²) in [4.78, 5) is -0.174. The molecule has 0 heterocycles. The first-order valence-electron chi connectivity index (χ1n) is 4.36. The van der Waals surface area contributed by atoms with Gasteiger partial charge in [-0.1, -0.05) is 12.1 Å². The molecule has 0 amide bonds. The number of ether oxygens (including phenoxy) is 1. The van der Waals surface area contributed by atoms with Gasteiger partial charge in [0.2, 0.25) is 0 Å². The van der Waals surface area contributed by atoms with Gasteiger partial charge in [-0.05, 0) is 17.7 Å². The van der Waals surface area contributed by atoms with Crippen LogP contribution in [0.4, 0.5) is 13.2 Å². The standard InChI is InChI=1S/C9H8ClF3O3S/c10-17(14,15)8-3-1-2-7(4-8)5-16-6-9(11,12)13/h1-4H,5-6H2. The summed E-state index contributed by atoms with van der Waals surface area (Å²) in [5, 5.41) is 0. The van der Waals surface area contributed by atoms with E-state index in [1.165, 1.54) is 24.3 Å². The van der Waals surface area contributed by atoms with Gasteiger partial charge in [0.25, 0.3) is 9.05 Å².